The summed E-state index contributed by atoms with van der Waals surface area (Å²) < 4.78 is 0.796. The molecule has 0 bridgehead atoms. The Morgan fingerprint density at radius 2 is 2.19 bits per heavy atom. The lowest BCUT2D eigenvalue weighted by molar-refractivity contribution is -0.380. The maximum atomic E-state index is 11.7. The summed E-state index contributed by atoms with van der Waals surface area (Å²) >= 11 is 1.10. The van der Waals surface area contributed by atoms with Gasteiger partial charge in [-0.15, -0.1) is 0 Å². The van der Waals surface area contributed by atoms with Crippen molar-refractivity contribution in [1.29, 1.82) is 0 Å². The minimum absolute atomic E-state index is 0.0788. The predicted molar refractivity (Wildman–Crippen MR) is 60.3 cm³/mol. The summed E-state index contributed by atoms with van der Waals surface area (Å²) in [5.41, 5.74) is 1.44. The highest BCUT2D eigenvalue weighted by Gasteiger charge is 2.22. The van der Waals surface area contributed by atoms with Crippen LogP contribution in [-0.2, 0) is 4.79 Å². The molecule has 0 aliphatic heterocycles. The Balaban J connectivity index is 2.36. The van der Waals surface area contributed by atoms with E-state index in [1.165, 1.54) is 12.1 Å². The lowest BCUT2D eigenvalue weighted by Gasteiger charge is -2.03. The van der Waals surface area contributed by atoms with Crippen molar-refractivity contribution in [2.45, 2.75) is 0 Å². The average Bonchev–Trinajstić information content (AvgIpc) is 2.73. The molecule has 3 rings (SSSR count). The van der Waals surface area contributed by atoms with Crippen molar-refractivity contribution >= 4 is 33.8 Å². The van der Waals surface area contributed by atoms with E-state index in [4.69, 9.17) is 0 Å². The van der Waals surface area contributed by atoms with Gasteiger partial charge in [-0.25, -0.2) is 0 Å². The SMILES string of the molecule is O=C1C=CC=C2C=c3sc([N+](=O)[O-])cc3=C12. The molecule has 0 atom stereocenters. The first kappa shape index (κ1) is 9.23. The van der Waals surface area contributed by atoms with E-state index in [1.807, 2.05) is 12.2 Å². The van der Waals surface area contributed by atoms with Crippen LogP contribution in [0.5, 0.6) is 0 Å². The molecule has 16 heavy (non-hydrogen) atoms. The van der Waals surface area contributed by atoms with Gasteiger partial charge < -0.3 is 0 Å². The number of hydrogen-bond donors (Lipinski definition) is 0. The molecule has 1 aromatic rings. The van der Waals surface area contributed by atoms with E-state index < -0.39 is 4.92 Å². The lowest BCUT2D eigenvalue weighted by Crippen LogP contribution is -2.19. The molecule has 0 fully saturated rings. The van der Waals surface area contributed by atoms with E-state index in [-0.39, 0.29) is 10.8 Å². The van der Waals surface area contributed by atoms with E-state index in [1.54, 1.807) is 6.08 Å². The number of fused-ring (bicyclic) bond motifs is 2. The van der Waals surface area contributed by atoms with E-state index in [0.29, 0.717) is 10.8 Å². The normalized spacial score (nSPS) is 16.6. The molecule has 0 N–H and O–H groups in total. The van der Waals surface area contributed by atoms with Crippen molar-refractivity contribution in [2.24, 2.45) is 0 Å². The number of carbonyl (C=O) groups is 1. The molecule has 0 radical (unpaired) electrons. The Bertz CT molecular complexity index is 706. The molecular weight excluding hydrogens is 226 g/mol. The summed E-state index contributed by atoms with van der Waals surface area (Å²) in [5.74, 6) is -0.0832. The van der Waals surface area contributed by atoms with Crippen LogP contribution in [0.2, 0.25) is 0 Å². The van der Waals surface area contributed by atoms with Crippen molar-refractivity contribution in [3.05, 3.63) is 49.7 Å². The van der Waals surface area contributed by atoms with E-state index in [2.05, 4.69) is 0 Å². The fourth-order valence-electron chi connectivity index (χ4n) is 1.88. The quantitative estimate of drug-likeness (QED) is 0.527. The molecule has 0 aromatic carbocycles. The van der Waals surface area contributed by atoms with Crippen LogP contribution in [0, 0.1) is 10.1 Å². The van der Waals surface area contributed by atoms with Crippen LogP contribution in [-0.4, -0.2) is 10.7 Å². The topological polar surface area (TPSA) is 60.2 Å². The Kier molecular flexibility index (Phi) is 1.73. The molecular formula is C11H5NO3S. The molecule has 4 nitrogen and oxygen atoms in total. The first-order valence-electron chi connectivity index (χ1n) is 4.60. The first-order chi connectivity index (χ1) is 7.66. The van der Waals surface area contributed by atoms with Gasteiger partial charge in [0.2, 0.25) is 0 Å². The maximum absolute atomic E-state index is 11.7. The van der Waals surface area contributed by atoms with Crippen molar-refractivity contribution in [3.63, 3.8) is 0 Å². The van der Waals surface area contributed by atoms with Gasteiger partial charge in [-0.3, -0.25) is 14.9 Å². The van der Waals surface area contributed by atoms with Crippen molar-refractivity contribution in [1.82, 2.24) is 0 Å². The number of hydrogen-bond acceptors (Lipinski definition) is 4. The second kappa shape index (κ2) is 2.99. The summed E-state index contributed by atoms with van der Waals surface area (Å²) in [7, 11) is 0. The summed E-state index contributed by atoms with van der Waals surface area (Å²) in [6.07, 6.45) is 6.84. The average molecular weight is 231 g/mol. The zero-order valence-electron chi connectivity index (χ0n) is 7.97. The standard InChI is InChI=1S/C11H5NO3S/c13-8-3-1-2-6-4-9-7(11(6)8)5-10(16-9)12(14)15/h1-5H. The van der Waals surface area contributed by atoms with E-state index in [9.17, 15) is 14.9 Å². The lowest BCUT2D eigenvalue weighted by atomic mass is 9.99. The van der Waals surface area contributed by atoms with Crippen LogP contribution >= 0.6 is 11.3 Å². The third-order valence-corrected chi connectivity index (χ3v) is 3.58. The molecule has 0 spiro atoms. The zero-order valence-corrected chi connectivity index (χ0v) is 8.78. The van der Waals surface area contributed by atoms with Crippen LogP contribution in [0.15, 0.2) is 29.9 Å². The molecule has 2 aliphatic rings. The monoisotopic (exact) mass is 231 g/mol. The van der Waals surface area contributed by atoms with Gasteiger partial charge in [0, 0.05) is 21.4 Å². The fraction of sp³-hybridized carbons (Fsp3) is 0. The molecule has 1 aromatic heterocycles. The van der Waals surface area contributed by atoms with Gasteiger partial charge in [0.1, 0.15) is 0 Å². The van der Waals surface area contributed by atoms with Gasteiger partial charge in [-0.05, 0) is 17.7 Å². The van der Waals surface area contributed by atoms with Gasteiger partial charge >= 0.3 is 5.00 Å². The van der Waals surface area contributed by atoms with Gasteiger partial charge in [0.15, 0.2) is 5.78 Å². The molecule has 0 saturated carbocycles. The third kappa shape index (κ3) is 1.12. The van der Waals surface area contributed by atoms with Crippen LogP contribution in [0.25, 0.3) is 11.6 Å². The molecule has 5 heteroatoms. The van der Waals surface area contributed by atoms with Crippen molar-refractivity contribution < 1.29 is 9.72 Å². The molecule has 0 saturated heterocycles. The van der Waals surface area contributed by atoms with Crippen LogP contribution in [0.1, 0.15) is 0 Å². The third-order valence-electron chi connectivity index (χ3n) is 2.54. The second-order valence-electron chi connectivity index (χ2n) is 3.48. The van der Waals surface area contributed by atoms with Crippen molar-refractivity contribution in [2.75, 3.05) is 0 Å². The Hall–Kier alpha value is -2.01. The predicted octanol–water partition coefficient (Wildman–Crippen LogP) is 0.666. The summed E-state index contributed by atoms with van der Waals surface area (Å²) in [6, 6.07) is 1.48. The van der Waals surface area contributed by atoms with E-state index >= 15 is 0 Å². The van der Waals surface area contributed by atoms with Gasteiger partial charge in [-0.2, -0.15) is 0 Å². The van der Waals surface area contributed by atoms with Gasteiger partial charge in [0.05, 0.1) is 4.92 Å². The highest BCUT2D eigenvalue weighted by Crippen LogP contribution is 2.23. The van der Waals surface area contributed by atoms with Crippen LogP contribution in [0.3, 0.4) is 0 Å². The highest BCUT2D eigenvalue weighted by molar-refractivity contribution is 7.13. The number of thiophene rings is 1. The Morgan fingerprint density at radius 3 is 2.94 bits per heavy atom. The number of nitro groups is 1. The Labute approximate surface area is 93.7 Å². The Morgan fingerprint density at radius 1 is 1.38 bits per heavy atom. The number of nitrogens with zero attached hydrogens (tertiary/aromatic N) is 1. The van der Waals surface area contributed by atoms with E-state index in [0.717, 1.165) is 21.4 Å². The van der Waals surface area contributed by atoms with Crippen molar-refractivity contribution in [3.8, 4) is 0 Å². The van der Waals surface area contributed by atoms with Crippen LogP contribution < -0.4 is 9.75 Å². The first-order valence-corrected chi connectivity index (χ1v) is 5.42. The highest BCUT2D eigenvalue weighted by atomic mass is 32.1. The number of allylic oxidation sites excluding steroid dienone is 4. The zero-order chi connectivity index (χ0) is 11.3. The fourth-order valence-corrected chi connectivity index (χ4v) is 2.82. The molecule has 0 amide bonds. The van der Waals surface area contributed by atoms with Gasteiger partial charge in [-0.1, -0.05) is 23.5 Å². The van der Waals surface area contributed by atoms with Crippen LogP contribution in [0.4, 0.5) is 5.00 Å². The minimum Gasteiger partial charge on any atom is -0.289 e. The summed E-state index contributed by atoms with van der Waals surface area (Å²) in [5, 5.41) is 11.4. The smallest absolute Gasteiger partial charge is 0.289 e. The summed E-state index contributed by atoms with van der Waals surface area (Å²) in [4.78, 5) is 21.9. The number of rotatable bonds is 1. The molecule has 0 unspecified atom stereocenters. The second-order valence-corrected chi connectivity index (χ2v) is 4.55. The molecule has 78 valence electrons. The van der Waals surface area contributed by atoms with Gasteiger partial charge in [0.25, 0.3) is 0 Å². The summed E-state index contributed by atoms with van der Waals surface area (Å²) in [6.45, 7) is 0. The largest absolute Gasteiger partial charge is 0.325 e. The molecule has 2 aliphatic carbocycles. The number of ketones is 1. The molecule has 1 heterocycles. The minimum atomic E-state index is -0.427. The maximum Gasteiger partial charge on any atom is 0.325 e. The number of carbonyl (C=O) groups excluding carboxylic acids is 1.